The van der Waals surface area contributed by atoms with E-state index in [-0.39, 0.29) is 11.5 Å². The van der Waals surface area contributed by atoms with Crippen molar-refractivity contribution in [3.05, 3.63) is 34.9 Å². The van der Waals surface area contributed by atoms with Crippen LogP contribution in [-0.2, 0) is 11.8 Å². The van der Waals surface area contributed by atoms with Crippen LogP contribution in [0.5, 0.6) is 0 Å². The van der Waals surface area contributed by atoms with Crippen molar-refractivity contribution in [2.24, 2.45) is 5.73 Å². The van der Waals surface area contributed by atoms with Gasteiger partial charge in [0.15, 0.2) is 0 Å². The molecule has 0 heterocycles. The minimum atomic E-state index is 0.129. The molecule has 0 unspecified atom stereocenters. The predicted octanol–water partition coefficient (Wildman–Crippen LogP) is 3.57. The van der Waals surface area contributed by atoms with E-state index in [0.29, 0.717) is 0 Å². The van der Waals surface area contributed by atoms with Crippen molar-refractivity contribution >= 4 is 0 Å². The summed E-state index contributed by atoms with van der Waals surface area (Å²) in [5.74, 6) is 0. The summed E-state index contributed by atoms with van der Waals surface area (Å²) in [6, 6.07) is 6.78. The van der Waals surface area contributed by atoms with Crippen LogP contribution in [0.25, 0.3) is 0 Å². The Morgan fingerprint density at radius 1 is 1.27 bits per heavy atom. The molecule has 0 fully saturated rings. The fourth-order valence-electron chi connectivity index (χ4n) is 1.92. The maximum atomic E-state index is 5.90. The average Bonchev–Trinajstić information content (AvgIpc) is 2.15. The Kier molecular flexibility index (Phi) is 3.56. The molecule has 0 bridgehead atoms. The molecule has 0 aliphatic heterocycles. The highest BCUT2D eigenvalue weighted by atomic mass is 14.6. The lowest BCUT2D eigenvalue weighted by Crippen LogP contribution is -2.15. The molecule has 0 radical (unpaired) electrons. The Labute approximate surface area is 93.7 Å². The quantitative estimate of drug-likeness (QED) is 0.785. The van der Waals surface area contributed by atoms with E-state index in [9.17, 15) is 0 Å². The summed E-state index contributed by atoms with van der Waals surface area (Å²) in [7, 11) is 0. The van der Waals surface area contributed by atoms with Crippen molar-refractivity contribution < 1.29 is 0 Å². The first-order valence-corrected chi connectivity index (χ1v) is 5.75. The van der Waals surface area contributed by atoms with Crippen LogP contribution >= 0.6 is 0 Å². The van der Waals surface area contributed by atoms with Gasteiger partial charge in [-0.15, -0.1) is 0 Å². The monoisotopic (exact) mass is 205 g/mol. The Morgan fingerprint density at radius 3 is 2.27 bits per heavy atom. The Balaban J connectivity index is 3.21. The number of nitrogens with two attached hydrogens (primary N) is 1. The Hall–Kier alpha value is -0.820. The molecule has 0 aliphatic carbocycles. The summed E-state index contributed by atoms with van der Waals surface area (Å²) < 4.78 is 0. The second-order valence-corrected chi connectivity index (χ2v) is 5.31. The maximum absolute atomic E-state index is 5.90. The Bertz CT molecular complexity index is 332. The molecule has 84 valence electrons. The van der Waals surface area contributed by atoms with Gasteiger partial charge in [0.2, 0.25) is 0 Å². The lowest BCUT2D eigenvalue weighted by atomic mass is 9.82. The highest BCUT2D eigenvalue weighted by molar-refractivity contribution is 5.37. The van der Waals surface area contributed by atoms with Crippen LogP contribution in [0.4, 0.5) is 0 Å². The summed E-state index contributed by atoms with van der Waals surface area (Å²) in [6.45, 7) is 11.0. The van der Waals surface area contributed by atoms with Crippen LogP contribution in [0.2, 0.25) is 0 Å². The molecular weight excluding hydrogens is 182 g/mol. The van der Waals surface area contributed by atoms with E-state index >= 15 is 0 Å². The second kappa shape index (κ2) is 4.36. The number of aryl methyl sites for hydroxylation is 1. The largest absolute Gasteiger partial charge is 0.324 e. The molecule has 0 amide bonds. The molecule has 0 saturated carbocycles. The first kappa shape index (κ1) is 12.3. The minimum Gasteiger partial charge on any atom is -0.324 e. The fourth-order valence-corrected chi connectivity index (χ4v) is 1.92. The van der Waals surface area contributed by atoms with Crippen molar-refractivity contribution in [3.8, 4) is 0 Å². The highest BCUT2D eigenvalue weighted by Crippen LogP contribution is 2.28. The molecule has 15 heavy (non-hydrogen) atoms. The van der Waals surface area contributed by atoms with E-state index in [4.69, 9.17) is 5.73 Å². The van der Waals surface area contributed by atoms with Crippen molar-refractivity contribution in [2.45, 2.75) is 52.5 Å². The van der Waals surface area contributed by atoms with Crippen molar-refractivity contribution in [2.75, 3.05) is 0 Å². The van der Waals surface area contributed by atoms with Gasteiger partial charge in [0, 0.05) is 6.04 Å². The zero-order chi connectivity index (χ0) is 11.6. The van der Waals surface area contributed by atoms with E-state index in [1.165, 1.54) is 16.7 Å². The molecule has 1 aromatic rings. The summed E-state index contributed by atoms with van der Waals surface area (Å²) in [5.41, 5.74) is 10.2. The predicted molar refractivity (Wildman–Crippen MR) is 67.1 cm³/mol. The SMILES string of the molecule is CCc1cc([C@@H](C)N)ccc1C(C)(C)C. The molecule has 1 nitrogen and oxygen atoms in total. The van der Waals surface area contributed by atoms with E-state index in [0.717, 1.165) is 6.42 Å². The topological polar surface area (TPSA) is 26.0 Å². The lowest BCUT2D eigenvalue weighted by Gasteiger charge is -2.23. The summed E-state index contributed by atoms with van der Waals surface area (Å²) in [4.78, 5) is 0. The van der Waals surface area contributed by atoms with Crippen LogP contribution in [0.3, 0.4) is 0 Å². The summed E-state index contributed by atoms with van der Waals surface area (Å²) in [5, 5.41) is 0. The van der Waals surface area contributed by atoms with E-state index in [2.05, 4.69) is 45.9 Å². The van der Waals surface area contributed by atoms with Crippen molar-refractivity contribution in [1.82, 2.24) is 0 Å². The number of rotatable bonds is 2. The summed E-state index contributed by atoms with van der Waals surface area (Å²) >= 11 is 0. The smallest absolute Gasteiger partial charge is 0.0266 e. The first-order chi connectivity index (χ1) is 6.86. The standard InChI is InChI=1S/C14H23N/c1-6-11-9-12(10(2)15)7-8-13(11)14(3,4)5/h7-10H,6,15H2,1-5H3/t10-/m1/s1. The van der Waals surface area contributed by atoms with Gasteiger partial charge in [0.25, 0.3) is 0 Å². The van der Waals surface area contributed by atoms with Gasteiger partial charge in [-0.2, -0.15) is 0 Å². The molecular formula is C14H23N. The van der Waals surface area contributed by atoms with Gasteiger partial charge >= 0.3 is 0 Å². The molecule has 0 saturated heterocycles. The molecule has 1 rings (SSSR count). The van der Waals surface area contributed by atoms with E-state index in [1.54, 1.807) is 0 Å². The average molecular weight is 205 g/mol. The minimum absolute atomic E-state index is 0.129. The molecule has 0 spiro atoms. The number of hydrogen-bond acceptors (Lipinski definition) is 1. The number of hydrogen-bond donors (Lipinski definition) is 1. The van der Waals surface area contributed by atoms with Gasteiger partial charge < -0.3 is 5.73 Å². The lowest BCUT2D eigenvalue weighted by molar-refractivity contribution is 0.582. The zero-order valence-corrected chi connectivity index (χ0v) is 10.6. The van der Waals surface area contributed by atoms with Gasteiger partial charge in [-0.3, -0.25) is 0 Å². The molecule has 2 N–H and O–H groups in total. The number of benzene rings is 1. The van der Waals surface area contributed by atoms with Crippen LogP contribution in [-0.4, -0.2) is 0 Å². The zero-order valence-electron chi connectivity index (χ0n) is 10.6. The van der Waals surface area contributed by atoms with Gasteiger partial charge in [-0.1, -0.05) is 45.9 Å². The molecule has 0 aliphatic rings. The van der Waals surface area contributed by atoms with Gasteiger partial charge in [-0.25, -0.2) is 0 Å². The first-order valence-electron chi connectivity index (χ1n) is 5.75. The van der Waals surface area contributed by atoms with Gasteiger partial charge in [0.1, 0.15) is 0 Å². The molecule has 1 aromatic carbocycles. The van der Waals surface area contributed by atoms with Crippen LogP contribution < -0.4 is 5.73 Å². The van der Waals surface area contributed by atoms with Gasteiger partial charge in [0.05, 0.1) is 0 Å². The van der Waals surface area contributed by atoms with Crippen LogP contribution in [0, 0.1) is 0 Å². The normalized spacial score (nSPS) is 14.0. The third-order valence-corrected chi connectivity index (χ3v) is 2.84. The maximum Gasteiger partial charge on any atom is 0.0266 e. The van der Waals surface area contributed by atoms with Gasteiger partial charge in [-0.05, 0) is 35.4 Å². The van der Waals surface area contributed by atoms with Crippen LogP contribution in [0.15, 0.2) is 18.2 Å². The second-order valence-electron chi connectivity index (χ2n) is 5.31. The Morgan fingerprint density at radius 2 is 1.87 bits per heavy atom. The molecule has 1 heteroatoms. The molecule has 0 aromatic heterocycles. The van der Waals surface area contributed by atoms with E-state index in [1.807, 2.05) is 6.92 Å². The van der Waals surface area contributed by atoms with Crippen LogP contribution in [0.1, 0.15) is 57.4 Å². The third kappa shape index (κ3) is 2.82. The van der Waals surface area contributed by atoms with Crippen molar-refractivity contribution in [1.29, 1.82) is 0 Å². The third-order valence-electron chi connectivity index (χ3n) is 2.84. The summed E-state index contributed by atoms with van der Waals surface area (Å²) in [6.07, 6.45) is 1.08. The molecule has 1 atom stereocenters. The van der Waals surface area contributed by atoms with Crippen molar-refractivity contribution in [3.63, 3.8) is 0 Å². The fraction of sp³-hybridized carbons (Fsp3) is 0.571. The highest BCUT2D eigenvalue weighted by Gasteiger charge is 2.17. The van der Waals surface area contributed by atoms with E-state index < -0.39 is 0 Å².